The Morgan fingerprint density at radius 2 is 1.88 bits per heavy atom. The van der Waals surface area contributed by atoms with Crippen molar-refractivity contribution in [3.05, 3.63) is 64.0 Å². The highest BCUT2D eigenvalue weighted by Gasteiger charge is 2.40. The Morgan fingerprint density at radius 1 is 1.04 bits per heavy atom. The molecule has 5 heteroatoms. The number of benzene rings is 1. The zero-order chi connectivity index (χ0) is 17.9. The fourth-order valence-corrected chi connectivity index (χ4v) is 4.78. The van der Waals surface area contributed by atoms with E-state index < -0.39 is 0 Å². The number of hydrogen-bond donors (Lipinski definition) is 2. The Bertz CT molecular complexity index is 814. The van der Waals surface area contributed by atoms with E-state index >= 15 is 0 Å². The third-order valence-electron chi connectivity index (χ3n) is 5.41. The predicted octanol–water partition coefficient (Wildman–Crippen LogP) is 3.82. The fourth-order valence-electron chi connectivity index (χ4n) is 4.13. The van der Waals surface area contributed by atoms with Gasteiger partial charge in [0.1, 0.15) is 5.70 Å². The van der Waals surface area contributed by atoms with Crippen LogP contribution in [0.5, 0.6) is 0 Å². The van der Waals surface area contributed by atoms with Crippen LogP contribution >= 0.6 is 11.3 Å². The van der Waals surface area contributed by atoms with Crippen LogP contribution in [0, 0.1) is 11.8 Å². The molecule has 2 amide bonds. The van der Waals surface area contributed by atoms with E-state index in [0.717, 1.165) is 17.2 Å². The van der Waals surface area contributed by atoms with Gasteiger partial charge in [-0.1, -0.05) is 30.7 Å². The topological polar surface area (TPSA) is 58.2 Å². The second-order valence-corrected chi connectivity index (χ2v) is 8.13. The van der Waals surface area contributed by atoms with E-state index in [4.69, 9.17) is 0 Å². The number of rotatable bonds is 5. The Hall–Kier alpha value is -2.40. The van der Waals surface area contributed by atoms with Gasteiger partial charge in [-0.15, -0.1) is 11.3 Å². The van der Waals surface area contributed by atoms with Gasteiger partial charge < -0.3 is 10.6 Å². The molecule has 0 aliphatic heterocycles. The van der Waals surface area contributed by atoms with E-state index in [0.29, 0.717) is 17.2 Å². The minimum atomic E-state index is -0.267. The van der Waals surface area contributed by atoms with Crippen LogP contribution in [0.2, 0.25) is 0 Å². The van der Waals surface area contributed by atoms with Gasteiger partial charge in [-0.05, 0) is 60.8 Å². The quantitative estimate of drug-likeness (QED) is 0.790. The summed E-state index contributed by atoms with van der Waals surface area (Å²) in [6.07, 6.45) is 6.55. The first-order chi connectivity index (χ1) is 12.7. The van der Waals surface area contributed by atoms with Crippen molar-refractivity contribution in [3.63, 3.8) is 0 Å². The van der Waals surface area contributed by atoms with E-state index in [1.54, 1.807) is 18.2 Å². The van der Waals surface area contributed by atoms with E-state index in [1.165, 1.54) is 30.6 Å². The number of thiophene rings is 1. The van der Waals surface area contributed by atoms with Crippen LogP contribution in [0.1, 0.15) is 40.9 Å². The van der Waals surface area contributed by atoms with Gasteiger partial charge in [0, 0.05) is 16.5 Å². The molecule has 4 rings (SSSR count). The average Bonchev–Trinajstić information content (AvgIpc) is 3.40. The van der Waals surface area contributed by atoms with Crippen molar-refractivity contribution < 1.29 is 9.59 Å². The van der Waals surface area contributed by atoms with Gasteiger partial charge in [-0.3, -0.25) is 9.59 Å². The standard InChI is InChI=1S/C21H22N2O2S/c24-20(15-5-2-1-3-6-15)23-19(13-17-7-4-10-26-17)21(25)22-18-12-14-8-9-16(18)11-14/h1-7,10,13-14,16,18H,8-9,11-12H2,(H,22,25)(H,23,24)/b19-13-/t14-,16+,18-/m0/s1. The van der Waals surface area contributed by atoms with Crippen LogP contribution < -0.4 is 10.6 Å². The number of amides is 2. The summed E-state index contributed by atoms with van der Waals surface area (Å²) in [6, 6.07) is 13.1. The maximum atomic E-state index is 12.9. The number of fused-ring (bicyclic) bond motifs is 2. The first-order valence-corrected chi connectivity index (χ1v) is 9.99. The third-order valence-corrected chi connectivity index (χ3v) is 6.23. The van der Waals surface area contributed by atoms with Crippen molar-refractivity contribution in [3.8, 4) is 0 Å². The summed E-state index contributed by atoms with van der Waals surface area (Å²) in [5.41, 5.74) is 0.848. The zero-order valence-electron chi connectivity index (χ0n) is 14.5. The first kappa shape index (κ1) is 17.0. The molecule has 134 valence electrons. The van der Waals surface area contributed by atoms with Crippen molar-refractivity contribution >= 4 is 29.2 Å². The monoisotopic (exact) mass is 366 g/mol. The molecule has 0 spiro atoms. The molecule has 0 unspecified atom stereocenters. The fraction of sp³-hybridized carbons (Fsp3) is 0.333. The molecule has 2 fully saturated rings. The van der Waals surface area contributed by atoms with E-state index in [-0.39, 0.29) is 17.9 Å². The summed E-state index contributed by atoms with van der Waals surface area (Å²) in [4.78, 5) is 26.3. The van der Waals surface area contributed by atoms with Crippen molar-refractivity contribution in [1.82, 2.24) is 10.6 Å². The SMILES string of the molecule is O=C(N[C@H]1C[C@H]2CC[C@@H]1C2)/C(=C/c1cccs1)NC(=O)c1ccccc1. The zero-order valence-corrected chi connectivity index (χ0v) is 15.3. The van der Waals surface area contributed by atoms with Gasteiger partial charge >= 0.3 is 0 Å². The molecule has 3 atom stereocenters. The highest BCUT2D eigenvalue weighted by atomic mass is 32.1. The largest absolute Gasteiger partial charge is 0.348 e. The molecule has 2 aliphatic rings. The average molecular weight is 366 g/mol. The predicted molar refractivity (Wildman–Crippen MR) is 104 cm³/mol. The molecule has 1 heterocycles. The summed E-state index contributed by atoms with van der Waals surface area (Å²) >= 11 is 1.54. The van der Waals surface area contributed by atoms with Gasteiger partial charge in [0.25, 0.3) is 11.8 Å². The van der Waals surface area contributed by atoms with E-state index in [1.807, 2.05) is 35.7 Å². The number of carbonyl (C=O) groups is 2. The molecule has 0 radical (unpaired) electrons. The summed E-state index contributed by atoms with van der Waals surface area (Å²) in [7, 11) is 0. The summed E-state index contributed by atoms with van der Waals surface area (Å²) in [6.45, 7) is 0. The molecule has 2 aromatic rings. The Kier molecular flexibility index (Phi) is 4.89. The van der Waals surface area contributed by atoms with Crippen LogP contribution in [-0.2, 0) is 4.79 Å². The van der Waals surface area contributed by atoms with Gasteiger partial charge in [-0.2, -0.15) is 0 Å². The van der Waals surface area contributed by atoms with Gasteiger partial charge in [0.15, 0.2) is 0 Å². The Labute approximate surface area is 157 Å². The highest BCUT2D eigenvalue weighted by molar-refractivity contribution is 7.10. The lowest BCUT2D eigenvalue weighted by Gasteiger charge is -2.23. The van der Waals surface area contributed by atoms with Crippen molar-refractivity contribution in [2.45, 2.75) is 31.7 Å². The second-order valence-electron chi connectivity index (χ2n) is 7.15. The lowest BCUT2D eigenvalue weighted by atomic mass is 9.95. The number of hydrogen-bond acceptors (Lipinski definition) is 3. The molecule has 2 N–H and O–H groups in total. The summed E-state index contributed by atoms with van der Waals surface area (Å²) in [5, 5.41) is 7.92. The molecule has 0 saturated heterocycles. The van der Waals surface area contributed by atoms with Crippen LogP contribution in [0.3, 0.4) is 0 Å². The number of carbonyl (C=O) groups excluding carboxylic acids is 2. The molecule has 2 aliphatic carbocycles. The summed E-state index contributed by atoms with van der Waals surface area (Å²) in [5.74, 6) is 0.891. The smallest absolute Gasteiger partial charge is 0.268 e. The molecule has 1 aromatic heterocycles. The maximum Gasteiger partial charge on any atom is 0.268 e. The van der Waals surface area contributed by atoms with Crippen LogP contribution in [0.25, 0.3) is 6.08 Å². The van der Waals surface area contributed by atoms with Crippen molar-refractivity contribution in [2.24, 2.45) is 11.8 Å². The minimum absolute atomic E-state index is 0.194. The maximum absolute atomic E-state index is 12.9. The second kappa shape index (κ2) is 7.46. The van der Waals surface area contributed by atoms with Gasteiger partial charge in [0.2, 0.25) is 0 Å². The minimum Gasteiger partial charge on any atom is -0.348 e. The summed E-state index contributed by atoms with van der Waals surface area (Å²) < 4.78 is 0. The molecule has 1 aromatic carbocycles. The van der Waals surface area contributed by atoms with Crippen molar-refractivity contribution in [2.75, 3.05) is 0 Å². The number of nitrogens with one attached hydrogen (secondary N) is 2. The van der Waals surface area contributed by atoms with Crippen molar-refractivity contribution in [1.29, 1.82) is 0 Å². The third kappa shape index (κ3) is 3.73. The molecule has 4 nitrogen and oxygen atoms in total. The van der Waals surface area contributed by atoms with Crippen LogP contribution in [-0.4, -0.2) is 17.9 Å². The van der Waals surface area contributed by atoms with Gasteiger partial charge in [-0.25, -0.2) is 0 Å². The lowest BCUT2D eigenvalue weighted by molar-refractivity contribution is -0.118. The van der Waals surface area contributed by atoms with E-state index in [9.17, 15) is 9.59 Å². The molecule has 2 saturated carbocycles. The molecule has 2 bridgehead atoms. The first-order valence-electron chi connectivity index (χ1n) is 9.11. The van der Waals surface area contributed by atoms with E-state index in [2.05, 4.69) is 10.6 Å². The van der Waals surface area contributed by atoms with Crippen LogP contribution in [0.4, 0.5) is 0 Å². The highest BCUT2D eigenvalue weighted by Crippen LogP contribution is 2.44. The van der Waals surface area contributed by atoms with Gasteiger partial charge in [0.05, 0.1) is 0 Å². The molecular weight excluding hydrogens is 344 g/mol. The lowest BCUT2D eigenvalue weighted by Crippen LogP contribution is -2.42. The molecule has 26 heavy (non-hydrogen) atoms. The Balaban J connectivity index is 1.51. The normalized spacial score (nSPS) is 24.5. The Morgan fingerprint density at radius 3 is 2.54 bits per heavy atom. The molecular formula is C21H22N2O2S. The van der Waals surface area contributed by atoms with Crippen LogP contribution in [0.15, 0.2) is 53.5 Å².